The first kappa shape index (κ1) is 17.2. The van der Waals surface area contributed by atoms with Crippen molar-refractivity contribution < 1.29 is 9.72 Å². The predicted octanol–water partition coefficient (Wildman–Crippen LogP) is 2.98. The van der Waals surface area contributed by atoms with E-state index in [0.29, 0.717) is 12.2 Å². The van der Waals surface area contributed by atoms with E-state index in [1.807, 2.05) is 0 Å². The van der Waals surface area contributed by atoms with E-state index in [0.717, 1.165) is 13.1 Å². The largest absolute Gasteiger partial charge is 0.336 e. The van der Waals surface area contributed by atoms with Crippen molar-refractivity contribution in [2.24, 2.45) is 0 Å². The van der Waals surface area contributed by atoms with E-state index in [4.69, 9.17) is 0 Å². The second-order valence-corrected chi connectivity index (χ2v) is 6.47. The van der Waals surface area contributed by atoms with Gasteiger partial charge in [0.05, 0.1) is 4.92 Å². The van der Waals surface area contributed by atoms with Crippen LogP contribution in [0.4, 0.5) is 16.2 Å². The minimum absolute atomic E-state index is 0.00203. The second kappa shape index (κ2) is 7.41. The molecule has 0 atom stereocenters. The van der Waals surface area contributed by atoms with Crippen molar-refractivity contribution in [2.45, 2.75) is 38.6 Å². The van der Waals surface area contributed by atoms with Crippen molar-refractivity contribution in [2.75, 3.05) is 25.0 Å². The summed E-state index contributed by atoms with van der Waals surface area (Å²) in [7, 11) is 0. The smallest absolute Gasteiger partial charge is 0.319 e. The van der Waals surface area contributed by atoms with Gasteiger partial charge >= 0.3 is 6.03 Å². The molecule has 23 heavy (non-hydrogen) atoms. The molecular weight excluding hydrogens is 296 g/mol. The van der Waals surface area contributed by atoms with E-state index in [1.165, 1.54) is 43.5 Å². The molecular formula is C16H24N4O3. The van der Waals surface area contributed by atoms with Crippen LogP contribution in [0, 0.1) is 10.1 Å². The Hall–Kier alpha value is -2.15. The number of carbonyl (C=O) groups excluding carboxylic acids is 1. The fourth-order valence-corrected chi connectivity index (χ4v) is 2.75. The molecule has 0 unspecified atom stereocenters. The number of hydrogen-bond donors (Lipinski definition) is 2. The van der Waals surface area contributed by atoms with Gasteiger partial charge in [-0.3, -0.25) is 15.0 Å². The van der Waals surface area contributed by atoms with Gasteiger partial charge in [0.2, 0.25) is 0 Å². The summed E-state index contributed by atoms with van der Waals surface area (Å²) in [6.07, 6.45) is 3.69. The number of carbonyl (C=O) groups is 1. The highest BCUT2D eigenvalue weighted by atomic mass is 16.6. The minimum atomic E-state index is -0.467. The molecule has 0 radical (unpaired) electrons. The highest BCUT2D eigenvalue weighted by molar-refractivity contribution is 5.89. The number of rotatable bonds is 5. The van der Waals surface area contributed by atoms with Gasteiger partial charge < -0.3 is 10.6 Å². The zero-order valence-electron chi connectivity index (χ0n) is 13.7. The molecule has 2 amide bonds. The standard InChI is InChI=1S/C16H24N4O3/c1-16(2,19-10-4-3-5-11-19)12-17-15(21)18-13-6-8-14(9-7-13)20(22)23/h6-9H,3-5,10-12H2,1-2H3,(H2,17,18,21). The minimum Gasteiger partial charge on any atom is -0.336 e. The van der Waals surface area contributed by atoms with Crippen molar-refractivity contribution in [1.82, 2.24) is 10.2 Å². The maximum atomic E-state index is 12.0. The van der Waals surface area contributed by atoms with Crippen molar-refractivity contribution in [3.8, 4) is 0 Å². The van der Waals surface area contributed by atoms with Gasteiger partial charge in [-0.1, -0.05) is 6.42 Å². The fraction of sp³-hybridized carbons (Fsp3) is 0.562. The molecule has 2 N–H and O–H groups in total. The molecule has 126 valence electrons. The summed E-state index contributed by atoms with van der Waals surface area (Å²) in [4.78, 5) is 24.5. The number of anilines is 1. The van der Waals surface area contributed by atoms with Gasteiger partial charge in [-0.15, -0.1) is 0 Å². The van der Waals surface area contributed by atoms with Crippen LogP contribution in [0.3, 0.4) is 0 Å². The lowest BCUT2D eigenvalue weighted by Gasteiger charge is -2.41. The molecule has 7 nitrogen and oxygen atoms in total. The van der Waals surface area contributed by atoms with Crippen molar-refractivity contribution in [3.05, 3.63) is 34.4 Å². The van der Waals surface area contributed by atoms with Crippen LogP contribution in [0.2, 0.25) is 0 Å². The summed E-state index contributed by atoms with van der Waals surface area (Å²) < 4.78 is 0. The van der Waals surface area contributed by atoms with Crippen LogP contribution in [-0.2, 0) is 0 Å². The highest BCUT2D eigenvalue weighted by Gasteiger charge is 2.28. The summed E-state index contributed by atoms with van der Waals surface area (Å²) in [5.41, 5.74) is 0.443. The van der Waals surface area contributed by atoms with E-state index in [1.54, 1.807) is 0 Å². The Bertz CT molecular complexity index is 551. The number of nitrogens with one attached hydrogen (secondary N) is 2. The average molecular weight is 320 g/mol. The third-order valence-electron chi connectivity index (χ3n) is 4.23. The Morgan fingerprint density at radius 3 is 2.39 bits per heavy atom. The maximum Gasteiger partial charge on any atom is 0.319 e. The number of amides is 2. The molecule has 0 aliphatic carbocycles. The van der Waals surface area contributed by atoms with Crippen LogP contribution >= 0.6 is 0 Å². The molecule has 1 aromatic carbocycles. The third kappa shape index (κ3) is 4.92. The molecule has 1 aromatic rings. The number of non-ortho nitro benzene ring substituents is 1. The van der Waals surface area contributed by atoms with Gasteiger partial charge in [0.25, 0.3) is 5.69 Å². The van der Waals surface area contributed by atoms with Crippen LogP contribution in [0.5, 0.6) is 0 Å². The molecule has 1 aliphatic heterocycles. The molecule has 1 aliphatic rings. The number of nitro groups is 1. The Balaban J connectivity index is 1.83. The van der Waals surface area contributed by atoms with Crippen LogP contribution in [0.1, 0.15) is 33.1 Å². The van der Waals surface area contributed by atoms with Gasteiger partial charge in [-0.05, 0) is 51.9 Å². The zero-order valence-corrected chi connectivity index (χ0v) is 13.7. The first-order valence-electron chi connectivity index (χ1n) is 7.93. The number of hydrogen-bond acceptors (Lipinski definition) is 4. The highest BCUT2D eigenvalue weighted by Crippen LogP contribution is 2.20. The number of urea groups is 1. The van der Waals surface area contributed by atoms with Gasteiger partial charge in [-0.2, -0.15) is 0 Å². The summed E-state index contributed by atoms with van der Waals surface area (Å²) in [5, 5.41) is 16.2. The number of likely N-dealkylation sites (tertiary alicyclic amines) is 1. The third-order valence-corrected chi connectivity index (χ3v) is 4.23. The van der Waals surface area contributed by atoms with E-state index in [9.17, 15) is 14.9 Å². The van der Waals surface area contributed by atoms with Crippen LogP contribution in [0.25, 0.3) is 0 Å². The lowest BCUT2D eigenvalue weighted by atomic mass is 9.98. The Labute approximate surface area is 136 Å². The van der Waals surface area contributed by atoms with E-state index < -0.39 is 4.92 Å². The van der Waals surface area contributed by atoms with Crippen molar-refractivity contribution >= 4 is 17.4 Å². The normalized spacial score (nSPS) is 15.9. The topological polar surface area (TPSA) is 87.5 Å². The number of piperidine rings is 1. The van der Waals surface area contributed by atoms with Gasteiger partial charge in [-0.25, -0.2) is 4.79 Å². The summed E-state index contributed by atoms with van der Waals surface area (Å²) >= 11 is 0. The van der Waals surface area contributed by atoms with Crippen LogP contribution in [0.15, 0.2) is 24.3 Å². The average Bonchev–Trinajstić information content (AvgIpc) is 2.54. The quantitative estimate of drug-likeness (QED) is 0.645. The van der Waals surface area contributed by atoms with Crippen molar-refractivity contribution in [3.63, 3.8) is 0 Å². The van der Waals surface area contributed by atoms with Crippen LogP contribution in [-0.4, -0.2) is 41.0 Å². The molecule has 0 saturated carbocycles. The zero-order chi connectivity index (χ0) is 16.9. The van der Waals surface area contributed by atoms with Crippen LogP contribution < -0.4 is 10.6 Å². The second-order valence-electron chi connectivity index (χ2n) is 6.47. The van der Waals surface area contributed by atoms with Gasteiger partial charge in [0, 0.05) is 29.9 Å². The maximum absolute atomic E-state index is 12.0. The molecule has 1 heterocycles. The summed E-state index contributed by atoms with van der Waals surface area (Å²) in [5.74, 6) is 0. The number of nitrogens with zero attached hydrogens (tertiary/aromatic N) is 2. The Morgan fingerprint density at radius 1 is 1.22 bits per heavy atom. The monoisotopic (exact) mass is 320 g/mol. The summed E-state index contributed by atoms with van der Waals surface area (Å²) in [6.45, 7) is 6.94. The number of nitro benzene ring substituents is 1. The lowest BCUT2D eigenvalue weighted by Crippen LogP contribution is -2.53. The molecule has 2 rings (SSSR count). The Morgan fingerprint density at radius 2 is 1.83 bits per heavy atom. The van der Waals surface area contributed by atoms with Gasteiger partial charge in [0.1, 0.15) is 0 Å². The molecule has 1 saturated heterocycles. The van der Waals surface area contributed by atoms with E-state index in [2.05, 4.69) is 29.4 Å². The first-order chi connectivity index (χ1) is 10.9. The molecule has 0 bridgehead atoms. The SMILES string of the molecule is CC(C)(CNC(=O)Nc1ccc([N+](=O)[O-])cc1)N1CCCCC1. The summed E-state index contributed by atoms with van der Waals surface area (Å²) in [6, 6.07) is 5.48. The molecule has 1 fully saturated rings. The molecule has 0 aromatic heterocycles. The van der Waals surface area contributed by atoms with Crippen molar-refractivity contribution in [1.29, 1.82) is 0 Å². The number of benzene rings is 1. The first-order valence-corrected chi connectivity index (χ1v) is 7.93. The van der Waals surface area contributed by atoms with E-state index in [-0.39, 0.29) is 17.3 Å². The van der Waals surface area contributed by atoms with Gasteiger partial charge in [0.15, 0.2) is 0 Å². The predicted molar refractivity (Wildman–Crippen MR) is 89.6 cm³/mol. The Kier molecular flexibility index (Phi) is 5.54. The molecule has 0 spiro atoms. The fourth-order valence-electron chi connectivity index (χ4n) is 2.75. The molecule has 7 heteroatoms. The van der Waals surface area contributed by atoms with E-state index >= 15 is 0 Å². The lowest BCUT2D eigenvalue weighted by molar-refractivity contribution is -0.384.